The summed E-state index contributed by atoms with van der Waals surface area (Å²) in [5.41, 5.74) is 1.21. The zero-order chi connectivity index (χ0) is 20.1. The Labute approximate surface area is 161 Å². The number of halogens is 1. The second-order valence-corrected chi connectivity index (χ2v) is 6.07. The Bertz CT molecular complexity index is 986. The van der Waals surface area contributed by atoms with Gasteiger partial charge < -0.3 is 19.8 Å². The van der Waals surface area contributed by atoms with Crippen LogP contribution >= 0.6 is 0 Å². The van der Waals surface area contributed by atoms with E-state index in [1.165, 1.54) is 31.6 Å². The number of nitrogens with one attached hydrogen (secondary N) is 2. The molecule has 2 amide bonds. The highest BCUT2D eigenvalue weighted by Gasteiger charge is 2.18. The van der Waals surface area contributed by atoms with Crippen LogP contribution in [0.4, 0.5) is 10.1 Å². The Kier molecular flexibility index (Phi) is 5.74. The smallest absolute Gasteiger partial charge is 0.291 e. The number of ether oxygens (including phenoxy) is 1. The number of hydrogen-bond donors (Lipinski definition) is 2. The predicted octanol–water partition coefficient (Wildman–Crippen LogP) is 4.17. The van der Waals surface area contributed by atoms with Crippen LogP contribution in [-0.2, 0) is 0 Å². The quantitative estimate of drug-likeness (QED) is 0.670. The van der Waals surface area contributed by atoms with Gasteiger partial charge in [0.05, 0.1) is 30.7 Å². The van der Waals surface area contributed by atoms with Crippen LogP contribution in [0, 0.1) is 5.82 Å². The van der Waals surface area contributed by atoms with Crippen molar-refractivity contribution in [2.75, 3.05) is 12.4 Å². The molecule has 0 saturated carbocycles. The number of amides is 2. The van der Waals surface area contributed by atoms with E-state index in [0.717, 1.165) is 0 Å². The third-order valence-electron chi connectivity index (χ3n) is 4.19. The first-order chi connectivity index (χ1) is 13.5. The standard InChI is InChI=1S/C21H19FN2O4/c1-13(14-9-10-18(27-2)16(22)12-14)23-20(25)15-6-3-4-7-17(15)24-21(26)19-8-5-11-28-19/h3-13H,1-2H3,(H,23,25)(H,24,26)/t13-/m0/s1. The fourth-order valence-electron chi connectivity index (χ4n) is 2.69. The molecule has 2 aromatic carbocycles. The lowest BCUT2D eigenvalue weighted by atomic mass is 10.1. The molecule has 3 aromatic rings. The summed E-state index contributed by atoms with van der Waals surface area (Å²) in [6.45, 7) is 1.74. The Morgan fingerprint density at radius 3 is 2.54 bits per heavy atom. The maximum atomic E-state index is 13.9. The third kappa shape index (κ3) is 4.20. The lowest BCUT2D eigenvalue weighted by Crippen LogP contribution is -2.28. The highest BCUT2D eigenvalue weighted by molar-refractivity contribution is 6.07. The van der Waals surface area contributed by atoms with Gasteiger partial charge in [-0.15, -0.1) is 0 Å². The summed E-state index contributed by atoms with van der Waals surface area (Å²) in [5.74, 6) is -1.10. The van der Waals surface area contributed by atoms with E-state index in [0.29, 0.717) is 11.3 Å². The highest BCUT2D eigenvalue weighted by atomic mass is 19.1. The van der Waals surface area contributed by atoms with E-state index in [1.807, 2.05) is 0 Å². The molecule has 0 spiro atoms. The van der Waals surface area contributed by atoms with Crippen LogP contribution < -0.4 is 15.4 Å². The van der Waals surface area contributed by atoms with Gasteiger partial charge >= 0.3 is 0 Å². The van der Waals surface area contributed by atoms with Gasteiger partial charge in [-0.1, -0.05) is 18.2 Å². The molecule has 0 bridgehead atoms. The molecule has 1 aromatic heterocycles. The molecule has 3 rings (SSSR count). The van der Waals surface area contributed by atoms with E-state index >= 15 is 0 Å². The Morgan fingerprint density at radius 1 is 1.07 bits per heavy atom. The van der Waals surface area contributed by atoms with Crippen molar-refractivity contribution in [2.45, 2.75) is 13.0 Å². The first kappa shape index (κ1) is 19.2. The van der Waals surface area contributed by atoms with E-state index < -0.39 is 23.7 Å². The molecule has 144 valence electrons. The Hall–Kier alpha value is -3.61. The topological polar surface area (TPSA) is 80.6 Å². The number of rotatable bonds is 6. The lowest BCUT2D eigenvalue weighted by molar-refractivity contribution is 0.0940. The van der Waals surface area contributed by atoms with E-state index in [1.54, 1.807) is 43.3 Å². The average Bonchev–Trinajstić information content (AvgIpc) is 3.23. The summed E-state index contributed by atoms with van der Waals surface area (Å²) in [6, 6.07) is 13.8. The monoisotopic (exact) mass is 382 g/mol. The van der Waals surface area contributed by atoms with Crippen molar-refractivity contribution in [3.05, 3.63) is 83.6 Å². The highest BCUT2D eigenvalue weighted by Crippen LogP contribution is 2.23. The molecule has 0 aliphatic rings. The SMILES string of the molecule is COc1ccc([C@H](C)NC(=O)c2ccccc2NC(=O)c2ccco2)cc1F. The summed E-state index contributed by atoms with van der Waals surface area (Å²) >= 11 is 0. The van der Waals surface area contributed by atoms with Gasteiger partial charge in [0.25, 0.3) is 11.8 Å². The van der Waals surface area contributed by atoms with Crippen LogP contribution in [0.15, 0.2) is 65.3 Å². The predicted molar refractivity (Wildman–Crippen MR) is 102 cm³/mol. The summed E-state index contributed by atoms with van der Waals surface area (Å²) in [4.78, 5) is 24.9. The zero-order valence-electron chi connectivity index (χ0n) is 15.4. The molecule has 0 fully saturated rings. The largest absolute Gasteiger partial charge is 0.494 e. The van der Waals surface area contributed by atoms with Crippen molar-refractivity contribution in [3.63, 3.8) is 0 Å². The van der Waals surface area contributed by atoms with Crippen molar-refractivity contribution >= 4 is 17.5 Å². The Morgan fingerprint density at radius 2 is 1.86 bits per heavy atom. The van der Waals surface area contributed by atoms with Crippen molar-refractivity contribution < 1.29 is 23.1 Å². The first-order valence-electron chi connectivity index (χ1n) is 8.57. The van der Waals surface area contributed by atoms with Gasteiger partial charge in [0, 0.05) is 0 Å². The van der Waals surface area contributed by atoms with Crippen molar-refractivity contribution in [3.8, 4) is 5.75 Å². The number of carbonyl (C=O) groups is 2. The number of hydrogen-bond acceptors (Lipinski definition) is 4. The first-order valence-corrected chi connectivity index (χ1v) is 8.57. The van der Waals surface area contributed by atoms with Crippen LogP contribution in [0.1, 0.15) is 39.4 Å². The molecule has 0 unspecified atom stereocenters. The number of benzene rings is 2. The van der Waals surface area contributed by atoms with Crippen molar-refractivity contribution in [1.29, 1.82) is 0 Å². The van der Waals surface area contributed by atoms with E-state index in [-0.39, 0.29) is 17.1 Å². The van der Waals surface area contributed by atoms with Gasteiger partial charge in [0.15, 0.2) is 17.3 Å². The maximum Gasteiger partial charge on any atom is 0.291 e. The maximum absolute atomic E-state index is 13.9. The van der Waals surface area contributed by atoms with Gasteiger partial charge in [-0.05, 0) is 48.9 Å². The summed E-state index contributed by atoms with van der Waals surface area (Å²) < 4.78 is 23.9. The van der Waals surface area contributed by atoms with Crippen LogP contribution in [0.25, 0.3) is 0 Å². The number of furan rings is 1. The van der Waals surface area contributed by atoms with Crippen LogP contribution in [0.2, 0.25) is 0 Å². The summed E-state index contributed by atoms with van der Waals surface area (Å²) in [5, 5.41) is 5.47. The van der Waals surface area contributed by atoms with E-state index in [9.17, 15) is 14.0 Å². The van der Waals surface area contributed by atoms with Crippen LogP contribution in [0.5, 0.6) is 5.75 Å². The molecule has 1 atom stereocenters. The minimum Gasteiger partial charge on any atom is -0.494 e. The van der Waals surface area contributed by atoms with Gasteiger partial charge in [0.2, 0.25) is 0 Å². The van der Waals surface area contributed by atoms with Crippen LogP contribution in [-0.4, -0.2) is 18.9 Å². The van der Waals surface area contributed by atoms with Gasteiger partial charge in [-0.25, -0.2) is 4.39 Å². The van der Waals surface area contributed by atoms with Gasteiger partial charge in [-0.2, -0.15) is 0 Å². The fraction of sp³-hybridized carbons (Fsp3) is 0.143. The second kappa shape index (κ2) is 8.39. The normalized spacial score (nSPS) is 11.5. The van der Waals surface area contributed by atoms with Gasteiger partial charge in [0.1, 0.15) is 0 Å². The molecular weight excluding hydrogens is 363 g/mol. The van der Waals surface area contributed by atoms with E-state index in [2.05, 4.69) is 10.6 Å². The van der Waals surface area contributed by atoms with Gasteiger partial charge in [-0.3, -0.25) is 9.59 Å². The van der Waals surface area contributed by atoms with Crippen molar-refractivity contribution in [2.24, 2.45) is 0 Å². The minimum absolute atomic E-state index is 0.133. The number of para-hydroxylation sites is 1. The fourth-order valence-corrected chi connectivity index (χ4v) is 2.69. The molecular formula is C21H19FN2O4. The minimum atomic E-state index is -0.507. The number of methoxy groups -OCH3 is 1. The molecule has 28 heavy (non-hydrogen) atoms. The molecule has 7 heteroatoms. The average molecular weight is 382 g/mol. The molecule has 2 N–H and O–H groups in total. The number of carbonyl (C=O) groups excluding carboxylic acids is 2. The molecule has 0 aliphatic heterocycles. The summed E-state index contributed by atoms with van der Waals surface area (Å²) in [6.07, 6.45) is 1.39. The Balaban J connectivity index is 1.75. The number of anilines is 1. The molecule has 6 nitrogen and oxygen atoms in total. The molecule has 0 radical (unpaired) electrons. The second-order valence-electron chi connectivity index (χ2n) is 6.07. The zero-order valence-corrected chi connectivity index (χ0v) is 15.4. The van der Waals surface area contributed by atoms with Crippen LogP contribution in [0.3, 0.4) is 0 Å². The molecule has 0 saturated heterocycles. The molecule has 1 heterocycles. The third-order valence-corrected chi connectivity index (χ3v) is 4.19. The molecule has 0 aliphatic carbocycles. The summed E-state index contributed by atoms with van der Waals surface area (Å²) in [7, 11) is 1.39. The lowest BCUT2D eigenvalue weighted by Gasteiger charge is -2.17. The van der Waals surface area contributed by atoms with Crippen molar-refractivity contribution in [1.82, 2.24) is 5.32 Å². The van der Waals surface area contributed by atoms with E-state index in [4.69, 9.17) is 9.15 Å².